The van der Waals surface area contributed by atoms with Gasteiger partial charge in [0, 0.05) is 16.3 Å². The van der Waals surface area contributed by atoms with Crippen LogP contribution in [0.5, 0.6) is 0 Å². The minimum absolute atomic E-state index is 0.0157. The monoisotopic (exact) mass is 488 g/mol. The van der Waals surface area contributed by atoms with Crippen molar-refractivity contribution in [1.82, 2.24) is 10.3 Å². The molecule has 1 N–H and O–H groups in total. The molecular weight excluding hydrogens is 476 g/mol. The number of hydrogen-bond donors (Lipinski definition) is 1. The molecule has 0 radical (unpaired) electrons. The average Bonchev–Trinajstić information content (AvgIpc) is 2.93. The fraction of sp³-hybridized carbons (Fsp3) is 0.333. The Morgan fingerprint density at radius 2 is 2.12 bits per heavy atom. The lowest BCUT2D eigenvalue weighted by Gasteiger charge is -2.09. The zero-order valence-electron chi connectivity index (χ0n) is 12.3. The first kappa shape index (κ1) is 19.5. The van der Waals surface area contributed by atoms with Gasteiger partial charge in [0.15, 0.2) is 0 Å². The molecule has 0 aromatic carbocycles. The molecule has 0 atom stereocenters. The Labute approximate surface area is 159 Å². The number of alkyl halides is 3. The Hall–Kier alpha value is -0.870. The van der Waals surface area contributed by atoms with Crippen molar-refractivity contribution in [2.24, 2.45) is 0 Å². The molecule has 1 amide bonds. The minimum Gasteiger partial charge on any atom is -0.351 e. The predicted molar refractivity (Wildman–Crippen MR) is 96.6 cm³/mol. The molecular formula is C15H13ClF3IN2OS. The predicted octanol–water partition coefficient (Wildman–Crippen LogP) is 5.17. The number of aromatic nitrogens is 1. The summed E-state index contributed by atoms with van der Waals surface area (Å²) in [5.41, 5.74) is -0.419. The highest BCUT2D eigenvalue weighted by atomic mass is 127. The number of hydrogen-bond acceptors (Lipinski definition) is 3. The maximum atomic E-state index is 12.5. The van der Waals surface area contributed by atoms with E-state index in [0.717, 1.165) is 15.8 Å². The summed E-state index contributed by atoms with van der Waals surface area (Å²) in [5, 5.41) is 4.69. The van der Waals surface area contributed by atoms with Crippen LogP contribution < -0.4 is 5.32 Å². The van der Waals surface area contributed by atoms with Crippen LogP contribution >= 0.6 is 45.5 Å². The van der Waals surface area contributed by atoms with Gasteiger partial charge < -0.3 is 5.32 Å². The summed E-state index contributed by atoms with van der Waals surface area (Å²) in [6.45, 7) is 0.491. The topological polar surface area (TPSA) is 42.0 Å². The third kappa shape index (κ3) is 5.32. The maximum absolute atomic E-state index is 12.5. The highest BCUT2D eigenvalue weighted by Gasteiger charge is 2.31. The molecule has 0 saturated carbocycles. The Morgan fingerprint density at radius 3 is 2.71 bits per heavy atom. The lowest BCUT2D eigenvalue weighted by molar-refractivity contribution is -0.137. The minimum atomic E-state index is -4.45. The van der Waals surface area contributed by atoms with Crippen LogP contribution in [-0.2, 0) is 12.6 Å². The molecule has 0 spiro atoms. The largest absolute Gasteiger partial charge is 0.417 e. The van der Waals surface area contributed by atoms with Crippen LogP contribution in [-0.4, -0.2) is 17.4 Å². The third-order valence-corrected chi connectivity index (χ3v) is 5.70. The fourth-order valence-corrected chi connectivity index (χ4v) is 3.97. The Kier molecular flexibility index (Phi) is 6.88. The quantitative estimate of drug-likeness (QED) is 0.450. The number of carbonyl (C=O) groups excluding carboxylic acids is 1. The zero-order valence-corrected chi connectivity index (χ0v) is 16.0. The van der Waals surface area contributed by atoms with E-state index in [1.165, 1.54) is 11.3 Å². The molecule has 0 unspecified atom stereocenters. The van der Waals surface area contributed by atoms with Crippen molar-refractivity contribution >= 4 is 51.4 Å². The number of thiophene rings is 1. The van der Waals surface area contributed by atoms with Crippen LogP contribution in [0.25, 0.3) is 0 Å². The number of pyridine rings is 1. The number of rotatable bonds is 6. The number of amides is 1. The Morgan fingerprint density at radius 1 is 1.38 bits per heavy atom. The van der Waals surface area contributed by atoms with Crippen molar-refractivity contribution in [3.63, 3.8) is 0 Å². The molecule has 0 aliphatic carbocycles. The molecule has 2 aromatic rings. The second-order valence-corrected chi connectivity index (χ2v) is 7.45. The van der Waals surface area contributed by atoms with Crippen LogP contribution in [0.2, 0.25) is 5.02 Å². The van der Waals surface area contributed by atoms with E-state index in [1.54, 1.807) is 0 Å². The summed E-state index contributed by atoms with van der Waals surface area (Å²) in [6, 6.07) is 2.77. The second-order valence-electron chi connectivity index (χ2n) is 4.96. The molecule has 130 valence electrons. The van der Waals surface area contributed by atoms with Crippen molar-refractivity contribution in [2.75, 3.05) is 6.54 Å². The van der Waals surface area contributed by atoms with Crippen LogP contribution in [0.15, 0.2) is 23.7 Å². The first-order valence-corrected chi connectivity index (χ1v) is 9.35. The first-order valence-electron chi connectivity index (χ1n) is 7.02. The number of unbranched alkanes of at least 4 members (excludes halogenated alkanes) is 1. The van der Waals surface area contributed by atoms with Gasteiger partial charge in [0.25, 0.3) is 5.91 Å². The molecule has 24 heavy (non-hydrogen) atoms. The maximum Gasteiger partial charge on any atom is 0.417 e. The SMILES string of the molecule is O=C(NCCCCc1ncc(C(F)(F)F)cc1Cl)c1sccc1I. The van der Waals surface area contributed by atoms with Crippen LogP contribution in [0.1, 0.15) is 33.8 Å². The number of carbonyl (C=O) groups is 1. The Bertz CT molecular complexity index is 721. The number of nitrogens with one attached hydrogen (secondary N) is 1. The average molecular weight is 489 g/mol. The van der Waals surface area contributed by atoms with Gasteiger partial charge in [-0.05, 0) is 59.4 Å². The molecule has 2 heterocycles. The molecule has 0 aliphatic heterocycles. The molecule has 0 fully saturated rings. The van der Waals surface area contributed by atoms with E-state index in [0.29, 0.717) is 36.4 Å². The highest BCUT2D eigenvalue weighted by molar-refractivity contribution is 14.1. The van der Waals surface area contributed by atoms with E-state index in [9.17, 15) is 18.0 Å². The Balaban J connectivity index is 1.77. The second kappa shape index (κ2) is 8.48. The number of nitrogens with zero attached hydrogens (tertiary/aromatic N) is 1. The van der Waals surface area contributed by atoms with E-state index < -0.39 is 11.7 Å². The zero-order chi connectivity index (χ0) is 17.7. The molecule has 2 rings (SSSR count). The van der Waals surface area contributed by atoms with E-state index in [4.69, 9.17) is 11.6 Å². The van der Waals surface area contributed by atoms with Gasteiger partial charge in [-0.25, -0.2) is 0 Å². The molecule has 0 saturated heterocycles. The van der Waals surface area contributed by atoms with Gasteiger partial charge in [-0.3, -0.25) is 9.78 Å². The van der Waals surface area contributed by atoms with Crippen molar-refractivity contribution in [3.05, 3.63) is 48.4 Å². The smallest absolute Gasteiger partial charge is 0.351 e. The van der Waals surface area contributed by atoms with Gasteiger partial charge in [-0.2, -0.15) is 13.2 Å². The van der Waals surface area contributed by atoms with Crippen molar-refractivity contribution in [3.8, 4) is 0 Å². The van der Waals surface area contributed by atoms with Gasteiger partial charge in [0.2, 0.25) is 0 Å². The normalized spacial score (nSPS) is 11.5. The van der Waals surface area contributed by atoms with Crippen molar-refractivity contribution in [2.45, 2.75) is 25.4 Å². The number of aryl methyl sites for hydroxylation is 1. The van der Waals surface area contributed by atoms with Crippen LogP contribution in [0.3, 0.4) is 0 Å². The summed E-state index contributed by atoms with van der Waals surface area (Å²) in [4.78, 5) is 16.4. The van der Waals surface area contributed by atoms with Gasteiger partial charge in [0.1, 0.15) is 4.88 Å². The summed E-state index contributed by atoms with van der Waals surface area (Å²) >= 11 is 9.34. The number of halogens is 5. The van der Waals surface area contributed by atoms with E-state index >= 15 is 0 Å². The molecule has 3 nitrogen and oxygen atoms in total. The van der Waals surface area contributed by atoms with Gasteiger partial charge in [-0.1, -0.05) is 11.6 Å². The van der Waals surface area contributed by atoms with Gasteiger partial charge in [0.05, 0.1) is 16.3 Å². The van der Waals surface area contributed by atoms with E-state index in [-0.39, 0.29) is 10.9 Å². The summed E-state index contributed by atoms with van der Waals surface area (Å²) in [5.74, 6) is -0.111. The third-order valence-electron chi connectivity index (χ3n) is 3.19. The highest BCUT2D eigenvalue weighted by Crippen LogP contribution is 2.31. The summed E-state index contributed by atoms with van der Waals surface area (Å²) in [7, 11) is 0. The first-order chi connectivity index (χ1) is 11.3. The summed E-state index contributed by atoms with van der Waals surface area (Å²) < 4.78 is 38.5. The van der Waals surface area contributed by atoms with Gasteiger partial charge in [-0.15, -0.1) is 11.3 Å². The molecule has 9 heteroatoms. The van der Waals surface area contributed by atoms with E-state index in [2.05, 4.69) is 32.9 Å². The van der Waals surface area contributed by atoms with Crippen molar-refractivity contribution < 1.29 is 18.0 Å². The van der Waals surface area contributed by atoms with Crippen LogP contribution in [0, 0.1) is 3.57 Å². The lowest BCUT2D eigenvalue weighted by Crippen LogP contribution is -2.24. The molecule has 0 aliphatic rings. The van der Waals surface area contributed by atoms with Gasteiger partial charge >= 0.3 is 6.18 Å². The van der Waals surface area contributed by atoms with E-state index in [1.807, 2.05) is 11.4 Å². The molecule has 0 bridgehead atoms. The lowest BCUT2D eigenvalue weighted by atomic mass is 10.1. The fourth-order valence-electron chi connectivity index (χ4n) is 1.96. The van der Waals surface area contributed by atoms with Crippen molar-refractivity contribution in [1.29, 1.82) is 0 Å². The molecule has 2 aromatic heterocycles. The van der Waals surface area contributed by atoms with Crippen LogP contribution in [0.4, 0.5) is 13.2 Å². The standard InChI is InChI=1S/C15H13ClF3IN2OS/c16-10-7-9(15(17,18)19)8-22-12(10)3-1-2-5-21-14(23)13-11(20)4-6-24-13/h4,6-8H,1-3,5H2,(H,21,23). The summed E-state index contributed by atoms with van der Waals surface area (Å²) in [6.07, 6.45) is -1.84.